The molecule has 0 aromatic rings. The third kappa shape index (κ3) is 8.23. The van der Waals surface area contributed by atoms with Crippen LogP contribution in [0.5, 0.6) is 0 Å². The quantitative estimate of drug-likeness (QED) is 0.116. The molecule has 24 atom stereocenters. The first-order valence-corrected chi connectivity index (χ1v) is 24.5. The van der Waals surface area contributed by atoms with Crippen LogP contribution < -0.4 is 0 Å². The molecular weight excluding hydrogens is 909 g/mol. The Hall–Kier alpha value is -2.70. The maximum Gasteiger partial charge on any atom is 0.335 e. The Labute approximate surface area is 401 Å². The number of ketones is 1. The molecule has 8 aliphatic rings. The molecule has 3 aliphatic heterocycles. The van der Waals surface area contributed by atoms with Crippen LogP contribution in [0.4, 0.5) is 0 Å². The number of esters is 1. The highest BCUT2D eigenvalue weighted by molar-refractivity contribution is 5.95. The van der Waals surface area contributed by atoms with E-state index in [9.17, 15) is 60.3 Å². The van der Waals surface area contributed by atoms with Gasteiger partial charge in [-0.2, -0.15) is 0 Å². The second-order valence-electron chi connectivity index (χ2n) is 23.6. The van der Waals surface area contributed by atoms with E-state index in [0.717, 1.165) is 5.57 Å². The third-order valence-electron chi connectivity index (χ3n) is 19.3. The number of aliphatic carboxylic acids is 2. The molecule has 20 heteroatoms. The van der Waals surface area contributed by atoms with Gasteiger partial charge < -0.3 is 79.1 Å². The Bertz CT molecular complexity index is 2050. The SMILES string of the molecule is CC(=O)O[C@H]1C[C@@](C)(C(=O)O)C[C@H]2C3=CC(=O)[C@H]4[C@]5(C)CC[C@@H](O[C@@H]6O[C@H](C(=O)O)[C@@H](O)[C@H](O)[C@H]6O[C@H]6OC[C@H](O)[C@@H](O)[C@@H]6O[C@H]6O[C@H](C)[C@@H](O)[C@H](O)[C@@H]6O)C(C)(C)[C@H]5CC[C@]4(C)[C@@]3(C)CC[C@]12C. The van der Waals surface area contributed by atoms with Crippen molar-refractivity contribution in [2.24, 2.45) is 50.2 Å². The van der Waals surface area contributed by atoms with E-state index in [-0.39, 0.29) is 24.0 Å². The highest BCUT2D eigenvalue weighted by atomic mass is 16.8. The molecule has 3 saturated heterocycles. The number of carbonyl (C=O) groups excluding carboxylic acids is 2. The van der Waals surface area contributed by atoms with Crippen molar-refractivity contribution in [2.45, 2.75) is 212 Å². The minimum absolute atomic E-state index is 0.0310. The van der Waals surface area contributed by atoms with E-state index in [0.29, 0.717) is 44.9 Å². The fourth-order valence-corrected chi connectivity index (χ4v) is 15.0. The molecule has 390 valence electrons. The van der Waals surface area contributed by atoms with Crippen LogP contribution in [0, 0.1) is 50.2 Å². The van der Waals surface area contributed by atoms with Gasteiger partial charge in [0.25, 0.3) is 0 Å². The predicted molar refractivity (Wildman–Crippen MR) is 235 cm³/mol. The van der Waals surface area contributed by atoms with Crippen LogP contribution in [-0.4, -0.2) is 174 Å². The van der Waals surface area contributed by atoms with Gasteiger partial charge in [-0.1, -0.05) is 47.1 Å². The number of aliphatic hydroxyl groups excluding tert-OH is 7. The van der Waals surface area contributed by atoms with Crippen LogP contribution >= 0.6 is 0 Å². The number of carbonyl (C=O) groups is 4. The van der Waals surface area contributed by atoms with E-state index >= 15 is 4.79 Å². The lowest BCUT2D eigenvalue weighted by atomic mass is 9.33. The molecule has 9 N–H and O–H groups in total. The second-order valence-corrected chi connectivity index (χ2v) is 23.6. The van der Waals surface area contributed by atoms with Gasteiger partial charge in [0, 0.05) is 24.7 Å². The molecule has 0 unspecified atom stereocenters. The van der Waals surface area contributed by atoms with Crippen LogP contribution in [0.15, 0.2) is 11.6 Å². The van der Waals surface area contributed by atoms with E-state index in [1.165, 1.54) is 13.8 Å². The Morgan fingerprint density at radius 1 is 0.681 bits per heavy atom. The first kappa shape index (κ1) is 52.6. The van der Waals surface area contributed by atoms with Crippen molar-refractivity contribution in [3.63, 3.8) is 0 Å². The molecule has 7 fully saturated rings. The van der Waals surface area contributed by atoms with Gasteiger partial charge in [-0.15, -0.1) is 0 Å². The van der Waals surface area contributed by atoms with Crippen molar-refractivity contribution in [1.29, 1.82) is 0 Å². The van der Waals surface area contributed by atoms with Gasteiger partial charge in [0.15, 0.2) is 30.8 Å². The summed E-state index contributed by atoms with van der Waals surface area (Å²) in [5.41, 5.74) is -3.23. The molecule has 0 amide bonds. The molecule has 69 heavy (non-hydrogen) atoms. The number of hydrogen-bond acceptors (Lipinski definition) is 18. The van der Waals surface area contributed by atoms with Crippen LogP contribution in [0.25, 0.3) is 0 Å². The summed E-state index contributed by atoms with van der Waals surface area (Å²) in [5, 5.41) is 96.4. The maximum absolute atomic E-state index is 15.1. The molecule has 4 saturated carbocycles. The molecule has 20 nitrogen and oxygen atoms in total. The number of ether oxygens (including phenoxy) is 7. The fraction of sp³-hybridized carbons (Fsp3) is 0.878. The molecule has 5 aliphatic carbocycles. The van der Waals surface area contributed by atoms with E-state index in [2.05, 4.69) is 27.7 Å². The van der Waals surface area contributed by atoms with E-state index in [1.807, 2.05) is 13.8 Å². The fourth-order valence-electron chi connectivity index (χ4n) is 15.0. The summed E-state index contributed by atoms with van der Waals surface area (Å²) in [6.45, 7) is 16.6. The van der Waals surface area contributed by atoms with E-state index in [4.69, 9.17) is 33.2 Å². The second kappa shape index (κ2) is 18.1. The summed E-state index contributed by atoms with van der Waals surface area (Å²) in [6.07, 6.45) is -19.4. The largest absolute Gasteiger partial charge is 0.481 e. The van der Waals surface area contributed by atoms with Gasteiger partial charge >= 0.3 is 17.9 Å². The standard InChI is InChI=1S/C49H74O20/c1-20-29(53)31(55)34(58)40(64-20)68-36-30(54)25(52)19-63-41(36)69-37-33(57)32(56)35(39(59)60)67-42(37)66-27-11-12-47(7)26(44(27,3)4)10-13-49(9)38(47)24(51)16-22-23-17-45(5,43(61)62)18-28(65-21(2)50)46(23,6)14-15-48(22,49)8/h16,20,23,25-38,40-42,52-58H,10-15,17-19H2,1-9H3,(H,59,60)(H,61,62)/t20-,23+,25+,26-,27-,28+,29-,30-,31+,32+,33+,34+,35+,36+,37-,38+,40-,41-,42-,45+,46+,47-,48+,49+/m1/s1. The van der Waals surface area contributed by atoms with Gasteiger partial charge in [0.05, 0.1) is 24.2 Å². The van der Waals surface area contributed by atoms with Crippen LogP contribution in [0.1, 0.15) is 114 Å². The first-order chi connectivity index (χ1) is 32.0. The van der Waals surface area contributed by atoms with Gasteiger partial charge in [-0.05, 0) is 98.4 Å². The highest BCUT2D eigenvalue weighted by Crippen LogP contribution is 2.75. The van der Waals surface area contributed by atoms with E-state index < -0.39 is 161 Å². The summed E-state index contributed by atoms with van der Waals surface area (Å²) in [6, 6.07) is 0. The molecule has 0 spiro atoms. The number of allylic oxidation sites excluding steroid dienone is 2. The molecule has 0 bridgehead atoms. The average molecular weight is 983 g/mol. The van der Waals surface area contributed by atoms with Crippen molar-refractivity contribution in [2.75, 3.05) is 6.61 Å². The summed E-state index contributed by atoms with van der Waals surface area (Å²) in [5.74, 6) is -4.00. The predicted octanol–water partition coefficient (Wildman–Crippen LogP) is 1.19. The summed E-state index contributed by atoms with van der Waals surface area (Å²) in [4.78, 5) is 52.9. The Morgan fingerprint density at radius 2 is 1.33 bits per heavy atom. The first-order valence-electron chi connectivity index (χ1n) is 24.5. The normalized spacial score (nSPS) is 52.8. The topological polar surface area (TPSA) is 315 Å². The zero-order valence-electron chi connectivity index (χ0n) is 40.9. The molecule has 3 heterocycles. The van der Waals surface area contributed by atoms with Crippen LogP contribution in [0.2, 0.25) is 0 Å². The van der Waals surface area contributed by atoms with Crippen molar-refractivity contribution in [1.82, 2.24) is 0 Å². The van der Waals surface area contributed by atoms with Crippen LogP contribution in [-0.2, 0) is 52.3 Å². The number of carboxylic acid groups (broad SMARTS) is 2. The average Bonchev–Trinajstić information content (AvgIpc) is 3.25. The molecule has 0 aromatic heterocycles. The number of hydrogen-bond donors (Lipinski definition) is 9. The van der Waals surface area contributed by atoms with Crippen molar-refractivity contribution >= 4 is 23.7 Å². The zero-order chi connectivity index (χ0) is 50.9. The minimum Gasteiger partial charge on any atom is -0.481 e. The van der Waals surface area contributed by atoms with Gasteiger partial charge in [-0.25, -0.2) is 4.79 Å². The van der Waals surface area contributed by atoms with Gasteiger partial charge in [0.2, 0.25) is 0 Å². The number of carboxylic acids is 2. The lowest BCUT2D eigenvalue weighted by Crippen LogP contribution is -2.68. The number of rotatable bonds is 9. The molecule has 0 aromatic carbocycles. The van der Waals surface area contributed by atoms with Crippen molar-refractivity contribution in [3.05, 3.63) is 11.6 Å². The van der Waals surface area contributed by atoms with Gasteiger partial charge in [0.1, 0.15) is 61.0 Å². The smallest absolute Gasteiger partial charge is 0.335 e. The zero-order valence-corrected chi connectivity index (χ0v) is 40.9. The summed E-state index contributed by atoms with van der Waals surface area (Å²) in [7, 11) is 0. The Balaban J connectivity index is 1.07. The van der Waals surface area contributed by atoms with Crippen molar-refractivity contribution < 1.29 is 98.3 Å². The molecule has 8 rings (SSSR count). The lowest BCUT2D eigenvalue weighted by Gasteiger charge is -2.71. The van der Waals surface area contributed by atoms with Crippen LogP contribution in [0.3, 0.4) is 0 Å². The summed E-state index contributed by atoms with van der Waals surface area (Å²) < 4.78 is 41.9. The van der Waals surface area contributed by atoms with E-state index in [1.54, 1.807) is 13.0 Å². The van der Waals surface area contributed by atoms with Crippen molar-refractivity contribution in [3.8, 4) is 0 Å². The molecular formula is C49H74O20. The third-order valence-corrected chi connectivity index (χ3v) is 19.3. The minimum atomic E-state index is -2.04. The maximum atomic E-state index is 15.1. The monoisotopic (exact) mass is 982 g/mol. The Morgan fingerprint density at radius 3 is 1.97 bits per heavy atom. The highest BCUT2D eigenvalue weighted by Gasteiger charge is 2.72. The number of fused-ring (bicyclic) bond motifs is 7. The molecule has 0 radical (unpaired) electrons. The summed E-state index contributed by atoms with van der Waals surface area (Å²) >= 11 is 0. The lowest BCUT2D eigenvalue weighted by molar-refractivity contribution is -0.386. The Kier molecular flexibility index (Phi) is 13.8. The number of aliphatic hydroxyl groups is 7. The van der Waals surface area contributed by atoms with Gasteiger partial charge in [-0.3, -0.25) is 14.4 Å².